The first-order valence-corrected chi connectivity index (χ1v) is 5.69. The lowest BCUT2D eigenvalue weighted by atomic mass is 9.91. The van der Waals surface area contributed by atoms with Crippen LogP contribution in [0, 0.1) is 12.7 Å². The third kappa shape index (κ3) is 1.94. The molecule has 1 aromatic carbocycles. The number of primary amides is 1. The molecule has 16 heavy (non-hydrogen) atoms. The summed E-state index contributed by atoms with van der Waals surface area (Å²) in [6, 6.07) is 3.07. The number of nitrogens with two attached hydrogens (primary N) is 1. The number of amides is 1. The molecule has 1 aliphatic carbocycles. The predicted octanol–water partition coefficient (Wildman–Crippen LogP) is 2.89. The second-order valence-electron chi connectivity index (χ2n) is 4.53. The average Bonchev–Trinajstić information content (AvgIpc) is 2.74. The molecule has 3 heteroatoms. The fraction of sp³-hybridized carbons (Fsp3) is 0.462. The van der Waals surface area contributed by atoms with E-state index in [0.717, 1.165) is 31.2 Å². The molecule has 0 bridgehead atoms. The van der Waals surface area contributed by atoms with E-state index in [4.69, 9.17) is 5.73 Å². The third-order valence-electron chi connectivity index (χ3n) is 3.39. The molecule has 2 nitrogen and oxygen atoms in total. The van der Waals surface area contributed by atoms with Crippen molar-refractivity contribution in [3.8, 4) is 0 Å². The van der Waals surface area contributed by atoms with E-state index in [-0.39, 0.29) is 5.82 Å². The molecule has 1 fully saturated rings. The summed E-state index contributed by atoms with van der Waals surface area (Å²) in [7, 11) is 0. The smallest absolute Gasteiger partial charge is 0.249 e. The first-order valence-electron chi connectivity index (χ1n) is 5.69. The molecule has 0 saturated heterocycles. The Kier molecular flexibility index (Phi) is 2.95. The van der Waals surface area contributed by atoms with E-state index in [1.54, 1.807) is 13.0 Å². The first kappa shape index (κ1) is 11.1. The normalized spacial score (nSPS) is 16.6. The van der Waals surface area contributed by atoms with Gasteiger partial charge in [-0.05, 0) is 48.9 Å². The number of halogens is 1. The Bertz CT molecular complexity index is 422. The molecule has 0 atom stereocenters. The monoisotopic (exact) mass is 221 g/mol. The summed E-state index contributed by atoms with van der Waals surface area (Å²) in [5, 5.41) is 0. The fourth-order valence-corrected chi connectivity index (χ4v) is 2.48. The second kappa shape index (κ2) is 4.24. The molecule has 2 N–H and O–H groups in total. The maximum Gasteiger partial charge on any atom is 0.249 e. The molecule has 86 valence electrons. The minimum Gasteiger partial charge on any atom is -0.366 e. The quantitative estimate of drug-likeness (QED) is 0.819. The van der Waals surface area contributed by atoms with Crippen LogP contribution < -0.4 is 5.73 Å². The lowest BCUT2D eigenvalue weighted by Crippen LogP contribution is -2.16. The van der Waals surface area contributed by atoms with E-state index in [1.165, 1.54) is 6.07 Å². The van der Waals surface area contributed by atoms with E-state index in [1.807, 2.05) is 0 Å². The Morgan fingerprint density at radius 1 is 1.38 bits per heavy atom. The minimum absolute atomic E-state index is 0.244. The van der Waals surface area contributed by atoms with Crippen LogP contribution in [-0.4, -0.2) is 5.91 Å². The Morgan fingerprint density at radius 3 is 2.56 bits per heavy atom. The molecule has 0 radical (unpaired) electrons. The van der Waals surface area contributed by atoms with Crippen LogP contribution in [0.2, 0.25) is 0 Å². The first-order chi connectivity index (χ1) is 7.59. The summed E-state index contributed by atoms with van der Waals surface area (Å²) < 4.78 is 13.5. The number of benzene rings is 1. The molecule has 0 unspecified atom stereocenters. The van der Waals surface area contributed by atoms with Crippen molar-refractivity contribution in [2.24, 2.45) is 5.73 Å². The largest absolute Gasteiger partial charge is 0.366 e. The van der Waals surface area contributed by atoms with E-state index in [2.05, 4.69) is 0 Å². The van der Waals surface area contributed by atoms with E-state index < -0.39 is 5.91 Å². The van der Waals surface area contributed by atoms with Gasteiger partial charge >= 0.3 is 0 Å². The minimum atomic E-state index is -0.454. The Balaban J connectivity index is 2.48. The van der Waals surface area contributed by atoms with Crippen molar-refractivity contribution in [3.63, 3.8) is 0 Å². The maximum atomic E-state index is 13.5. The van der Waals surface area contributed by atoms with Crippen LogP contribution in [0.15, 0.2) is 12.1 Å². The molecule has 0 heterocycles. The van der Waals surface area contributed by atoms with Crippen LogP contribution in [-0.2, 0) is 0 Å². The molecule has 0 aliphatic heterocycles. The van der Waals surface area contributed by atoms with Crippen molar-refractivity contribution in [2.45, 2.75) is 38.5 Å². The number of hydrogen-bond acceptors (Lipinski definition) is 1. The Hall–Kier alpha value is -1.38. The number of aryl methyl sites for hydroxylation is 1. The van der Waals surface area contributed by atoms with Gasteiger partial charge in [-0.1, -0.05) is 12.8 Å². The molecular formula is C13H16FNO. The number of hydrogen-bond donors (Lipinski definition) is 1. The predicted molar refractivity (Wildman–Crippen MR) is 60.9 cm³/mol. The van der Waals surface area contributed by atoms with Crippen LogP contribution in [0.5, 0.6) is 0 Å². The summed E-state index contributed by atoms with van der Waals surface area (Å²) in [6.07, 6.45) is 4.36. The van der Waals surface area contributed by atoms with Gasteiger partial charge in [-0.3, -0.25) is 4.79 Å². The number of carbonyl (C=O) groups is 1. The third-order valence-corrected chi connectivity index (χ3v) is 3.39. The van der Waals surface area contributed by atoms with Gasteiger partial charge in [0.25, 0.3) is 0 Å². The molecule has 1 saturated carbocycles. The molecule has 1 aliphatic rings. The molecule has 0 spiro atoms. The van der Waals surface area contributed by atoms with Crippen LogP contribution >= 0.6 is 0 Å². The van der Waals surface area contributed by atoms with Gasteiger partial charge < -0.3 is 5.73 Å². The summed E-state index contributed by atoms with van der Waals surface area (Å²) >= 11 is 0. The van der Waals surface area contributed by atoms with Crippen LogP contribution in [0.4, 0.5) is 4.39 Å². The maximum absolute atomic E-state index is 13.5. The topological polar surface area (TPSA) is 43.1 Å². The number of carbonyl (C=O) groups excluding carboxylic acids is 1. The molecule has 2 rings (SSSR count). The van der Waals surface area contributed by atoms with Gasteiger partial charge in [0, 0.05) is 5.56 Å². The van der Waals surface area contributed by atoms with Gasteiger partial charge in [0.1, 0.15) is 5.82 Å². The van der Waals surface area contributed by atoms with Crippen LogP contribution in [0.3, 0.4) is 0 Å². The van der Waals surface area contributed by atoms with Gasteiger partial charge in [-0.25, -0.2) is 4.39 Å². The average molecular weight is 221 g/mol. The molecular weight excluding hydrogens is 205 g/mol. The Morgan fingerprint density at radius 2 is 2.00 bits per heavy atom. The number of rotatable bonds is 2. The van der Waals surface area contributed by atoms with Crippen molar-refractivity contribution in [3.05, 3.63) is 34.6 Å². The zero-order chi connectivity index (χ0) is 11.7. The standard InChI is InChI=1S/C13H16FNO/c1-8-6-11(13(15)16)10(7-12(8)14)9-4-2-3-5-9/h6-7,9H,2-5H2,1H3,(H2,15,16). The second-order valence-corrected chi connectivity index (χ2v) is 4.53. The highest BCUT2D eigenvalue weighted by Gasteiger charge is 2.23. The lowest BCUT2D eigenvalue weighted by molar-refractivity contribution is 0.0999. The summed E-state index contributed by atoms with van der Waals surface area (Å²) in [6.45, 7) is 1.65. The zero-order valence-corrected chi connectivity index (χ0v) is 9.42. The molecule has 1 aromatic rings. The van der Waals surface area contributed by atoms with Gasteiger partial charge in [0.2, 0.25) is 5.91 Å². The van der Waals surface area contributed by atoms with Gasteiger partial charge in [0.15, 0.2) is 0 Å². The summed E-state index contributed by atoms with van der Waals surface area (Å²) in [5.41, 5.74) is 7.11. The summed E-state index contributed by atoms with van der Waals surface area (Å²) in [5.74, 6) is -0.394. The van der Waals surface area contributed by atoms with Crippen LogP contribution in [0.25, 0.3) is 0 Å². The van der Waals surface area contributed by atoms with Crippen molar-refractivity contribution in [1.82, 2.24) is 0 Å². The SMILES string of the molecule is Cc1cc(C(N)=O)c(C2CCCC2)cc1F. The van der Waals surface area contributed by atoms with Crippen LogP contribution in [0.1, 0.15) is 53.1 Å². The van der Waals surface area contributed by atoms with Crippen molar-refractivity contribution < 1.29 is 9.18 Å². The highest BCUT2D eigenvalue weighted by molar-refractivity contribution is 5.94. The van der Waals surface area contributed by atoms with Gasteiger partial charge in [-0.2, -0.15) is 0 Å². The van der Waals surface area contributed by atoms with E-state index in [9.17, 15) is 9.18 Å². The van der Waals surface area contributed by atoms with Gasteiger partial charge in [-0.15, -0.1) is 0 Å². The van der Waals surface area contributed by atoms with Gasteiger partial charge in [0.05, 0.1) is 0 Å². The van der Waals surface area contributed by atoms with E-state index >= 15 is 0 Å². The van der Waals surface area contributed by atoms with Crippen molar-refractivity contribution in [1.29, 1.82) is 0 Å². The zero-order valence-electron chi connectivity index (χ0n) is 9.42. The molecule has 1 amide bonds. The lowest BCUT2D eigenvalue weighted by Gasteiger charge is -2.14. The van der Waals surface area contributed by atoms with Crippen molar-refractivity contribution >= 4 is 5.91 Å². The highest BCUT2D eigenvalue weighted by Crippen LogP contribution is 2.36. The molecule has 0 aromatic heterocycles. The fourth-order valence-electron chi connectivity index (χ4n) is 2.48. The Labute approximate surface area is 94.6 Å². The van der Waals surface area contributed by atoms with Crippen molar-refractivity contribution in [2.75, 3.05) is 0 Å². The van der Waals surface area contributed by atoms with E-state index in [0.29, 0.717) is 17.0 Å². The highest BCUT2D eigenvalue weighted by atomic mass is 19.1. The summed E-state index contributed by atoms with van der Waals surface area (Å²) in [4.78, 5) is 11.3.